The topological polar surface area (TPSA) is 83.0 Å². The predicted molar refractivity (Wildman–Crippen MR) is 83.7 cm³/mol. The van der Waals surface area contributed by atoms with E-state index in [4.69, 9.17) is 10.5 Å². The molecule has 1 aliphatic rings. The van der Waals surface area contributed by atoms with Crippen LogP contribution in [0.2, 0.25) is 0 Å². The van der Waals surface area contributed by atoms with Gasteiger partial charge in [0.25, 0.3) is 5.56 Å². The predicted octanol–water partition coefficient (Wildman–Crippen LogP) is 1.84. The van der Waals surface area contributed by atoms with Crippen molar-refractivity contribution in [2.24, 2.45) is 0 Å². The van der Waals surface area contributed by atoms with Crippen LogP contribution in [0.15, 0.2) is 23.0 Å². The van der Waals surface area contributed by atoms with Gasteiger partial charge in [-0.1, -0.05) is 0 Å². The lowest BCUT2D eigenvalue weighted by Gasteiger charge is -2.13. The van der Waals surface area contributed by atoms with Gasteiger partial charge in [0.15, 0.2) is 5.82 Å². The third-order valence-corrected chi connectivity index (χ3v) is 3.91. The van der Waals surface area contributed by atoms with Gasteiger partial charge in [-0.2, -0.15) is 0 Å². The monoisotopic (exact) mass is 384 g/mol. The molecule has 0 atom stereocenters. The van der Waals surface area contributed by atoms with Gasteiger partial charge < -0.3 is 10.5 Å². The Morgan fingerprint density at radius 1 is 1.40 bits per heavy atom. The summed E-state index contributed by atoms with van der Waals surface area (Å²) in [5.74, 6) is 1.12. The Labute approximate surface area is 129 Å². The third-order valence-electron chi connectivity index (χ3n) is 3.24. The van der Waals surface area contributed by atoms with E-state index in [2.05, 4.69) is 32.8 Å². The second-order valence-electron chi connectivity index (χ2n) is 4.66. The first-order valence-electron chi connectivity index (χ1n) is 6.20. The van der Waals surface area contributed by atoms with Gasteiger partial charge in [0, 0.05) is 9.61 Å². The molecule has 1 fully saturated rings. The summed E-state index contributed by atoms with van der Waals surface area (Å²) < 4.78 is 8.07. The van der Waals surface area contributed by atoms with Gasteiger partial charge in [0.2, 0.25) is 5.82 Å². The fourth-order valence-corrected chi connectivity index (χ4v) is 2.58. The highest BCUT2D eigenvalue weighted by molar-refractivity contribution is 14.1. The Balaban J connectivity index is 2.25. The molecule has 1 heterocycles. The van der Waals surface area contributed by atoms with Crippen LogP contribution in [-0.2, 0) is 0 Å². The Bertz CT molecular complexity index is 725. The van der Waals surface area contributed by atoms with E-state index in [1.807, 2.05) is 18.2 Å². The first-order valence-corrected chi connectivity index (χ1v) is 7.28. The largest absolute Gasteiger partial charge is 0.496 e. The number of methoxy groups -OCH3 is 1. The van der Waals surface area contributed by atoms with Crippen LogP contribution >= 0.6 is 22.6 Å². The summed E-state index contributed by atoms with van der Waals surface area (Å²) in [5.41, 5.74) is 6.06. The van der Waals surface area contributed by atoms with Crippen LogP contribution in [-0.4, -0.2) is 21.9 Å². The highest BCUT2D eigenvalue weighted by Gasteiger charge is 2.29. The molecule has 2 N–H and O–H groups in total. The molecule has 20 heavy (non-hydrogen) atoms. The second-order valence-corrected chi connectivity index (χ2v) is 5.91. The van der Waals surface area contributed by atoms with Crippen LogP contribution in [0.25, 0.3) is 11.4 Å². The first kappa shape index (κ1) is 13.3. The maximum absolute atomic E-state index is 12.2. The maximum Gasteiger partial charge on any atom is 0.296 e. The number of nitrogens with two attached hydrogens (primary N) is 1. The highest BCUT2D eigenvalue weighted by atomic mass is 127. The van der Waals surface area contributed by atoms with Gasteiger partial charge in [-0.15, -0.1) is 10.2 Å². The molecule has 3 rings (SSSR count). The van der Waals surface area contributed by atoms with Gasteiger partial charge in [-0.3, -0.25) is 9.36 Å². The molecule has 6 nitrogen and oxygen atoms in total. The number of aromatic nitrogens is 3. The van der Waals surface area contributed by atoms with Crippen molar-refractivity contribution in [3.63, 3.8) is 0 Å². The van der Waals surface area contributed by atoms with E-state index in [0.29, 0.717) is 11.6 Å². The molecule has 0 radical (unpaired) electrons. The summed E-state index contributed by atoms with van der Waals surface area (Å²) in [5, 5.41) is 7.88. The summed E-state index contributed by atoms with van der Waals surface area (Å²) in [6, 6.07) is 5.90. The summed E-state index contributed by atoms with van der Waals surface area (Å²) in [6.07, 6.45) is 1.93. The molecule has 0 unspecified atom stereocenters. The summed E-state index contributed by atoms with van der Waals surface area (Å²) in [7, 11) is 1.60. The van der Waals surface area contributed by atoms with Crippen molar-refractivity contribution in [1.82, 2.24) is 14.8 Å². The zero-order chi connectivity index (χ0) is 14.3. The quantitative estimate of drug-likeness (QED) is 0.817. The van der Waals surface area contributed by atoms with E-state index in [1.165, 1.54) is 0 Å². The van der Waals surface area contributed by atoms with Gasteiger partial charge in [-0.05, 0) is 53.6 Å². The fraction of sp³-hybridized carbons (Fsp3) is 0.308. The van der Waals surface area contributed by atoms with Crippen LogP contribution in [0, 0.1) is 3.57 Å². The molecule has 1 aromatic heterocycles. The minimum absolute atomic E-state index is 0.0647. The highest BCUT2D eigenvalue weighted by Crippen LogP contribution is 2.38. The number of halogens is 1. The average molecular weight is 384 g/mol. The number of nitrogens with zero attached hydrogens (tertiary/aromatic N) is 3. The third kappa shape index (κ3) is 2.26. The van der Waals surface area contributed by atoms with Crippen LogP contribution in [0.5, 0.6) is 5.75 Å². The zero-order valence-corrected chi connectivity index (χ0v) is 13.0. The number of anilines is 1. The van der Waals surface area contributed by atoms with Crippen LogP contribution in [0.3, 0.4) is 0 Å². The molecule has 1 aromatic carbocycles. The molecule has 1 saturated carbocycles. The fourth-order valence-electron chi connectivity index (χ4n) is 2.12. The lowest BCUT2D eigenvalue weighted by molar-refractivity contribution is 0.415. The number of hydrogen-bond acceptors (Lipinski definition) is 5. The smallest absolute Gasteiger partial charge is 0.296 e. The molecule has 0 bridgehead atoms. The minimum Gasteiger partial charge on any atom is -0.496 e. The van der Waals surface area contributed by atoms with E-state index in [-0.39, 0.29) is 17.4 Å². The summed E-state index contributed by atoms with van der Waals surface area (Å²) in [4.78, 5) is 12.2. The average Bonchev–Trinajstić information content (AvgIpc) is 3.26. The van der Waals surface area contributed by atoms with Crippen LogP contribution in [0.4, 0.5) is 5.82 Å². The molecule has 0 saturated heterocycles. The van der Waals surface area contributed by atoms with Crippen LogP contribution < -0.4 is 16.0 Å². The second kappa shape index (κ2) is 5.04. The van der Waals surface area contributed by atoms with Crippen molar-refractivity contribution in [3.8, 4) is 17.1 Å². The number of benzene rings is 1. The number of hydrogen-bond donors (Lipinski definition) is 1. The number of ether oxygens (including phenoxy) is 1. The first-order chi connectivity index (χ1) is 9.61. The van der Waals surface area contributed by atoms with E-state index >= 15 is 0 Å². The van der Waals surface area contributed by atoms with E-state index < -0.39 is 0 Å². The van der Waals surface area contributed by atoms with E-state index in [0.717, 1.165) is 22.0 Å². The Kier molecular flexibility index (Phi) is 3.36. The molecule has 0 spiro atoms. The van der Waals surface area contributed by atoms with Crippen molar-refractivity contribution < 1.29 is 4.74 Å². The van der Waals surface area contributed by atoms with Crippen molar-refractivity contribution in [2.75, 3.05) is 12.8 Å². The summed E-state index contributed by atoms with van der Waals surface area (Å²) in [6.45, 7) is 0. The molecular formula is C13H13IN4O2. The van der Waals surface area contributed by atoms with E-state index in [1.54, 1.807) is 11.7 Å². The van der Waals surface area contributed by atoms with Gasteiger partial charge >= 0.3 is 0 Å². The minimum atomic E-state index is -0.280. The van der Waals surface area contributed by atoms with Crippen molar-refractivity contribution in [1.29, 1.82) is 0 Å². The van der Waals surface area contributed by atoms with Crippen molar-refractivity contribution in [3.05, 3.63) is 32.1 Å². The van der Waals surface area contributed by atoms with E-state index in [9.17, 15) is 4.79 Å². The molecule has 1 aliphatic carbocycles. The molecule has 104 valence electrons. The Morgan fingerprint density at radius 3 is 2.80 bits per heavy atom. The molecule has 0 aliphatic heterocycles. The Morgan fingerprint density at radius 2 is 2.15 bits per heavy atom. The number of nitrogen functional groups attached to an aromatic ring is 1. The van der Waals surface area contributed by atoms with Gasteiger partial charge in [0.1, 0.15) is 5.75 Å². The van der Waals surface area contributed by atoms with Crippen LogP contribution in [0.1, 0.15) is 18.9 Å². The zero-order valence-electron chi connectivity index (χ0n) is 10.8. The standard InChI is InChI=1S/C13H13IN4O2/c1-20-10-6-7(14)2-5-9(10)12-17-16-11(15)13(19)18(12)8-3-4-8/h2,5-6,8H,3-4H2,1H3,(H2,15,16). The lowest BCUT2D eigenvalue weighted by Crippen LogP contribution is -2.26. The normalized spacial score (nSPS) is 14.3. The van der Waals surface area contributed by atoms with Gasteiger partial charge in [-0.25, -0.2) is 0 Å². The van der Waals surface area contributed by atoms with Gasteiger partial charge in [0.05, 0.1) is 12.7 Å². The molecule has 0 amide bonds. The molecular weight excluding hydrogens is 371 g/mol. The summed E-state index contributed by atoms with van der Waals surface area (Å²) >= 11 is 2.21. The SMILES string of the molecule is COc1cc(I)ccc1-c1nnc(N)c(=O)n1C1CC1. The maximum atomic E-state index is 12.2. The van der Waals surface area contributed by atoms with Crippen molar-refractivity contribution in [2.45, 2.75) is 18.9 Å². The van der Waals surface area contributed by atoms with Crippen molar-refractivity contribution >= 4 is 28.4 Å². The molecule has 2 aromatic rings. The Hall–Kier alpha value is -1.64. The molecule has 7 heteroatoms. The number of rotatable bonds is 3. The lowest BCUT2D eigenvalue weighted by atomic mass is 10.2.